The summed E-state index contributed by atoms with van der Waals surface area (Å²) in [5.74, 6) is -41.2. The fourth-order valence-electron chi connectivity index (χ4n) is 12.5. The molecule has 0 amide bonds. The number of nitrogens with zero attached hydrogens (tertiary/aromatic N) is 5. The summed E-state index contributed by atoms with van der Waals surface area (Å²) in [6, 6.07) is -7.53. The van der Waals surface area contributed by atoms with Crippen LogP contribution in [0.2, 0.25) is 0 Å². The van der Waals surface area contributed by atoms with E-state index in [2.05, 4.69) is 0 Å². The van der Waals surface area contributed by atoms with Crippen molar-refractivity contribution in [2.45, 2.75) is 214 Å². The van der Waals surface area contributed by atoms with Crippen molar-refractivity contribution >= 4 is 28.9 Å². The maximum absolute atomic E-state index is 14.1. The van der Waals surface area contributed by atoms with E-state index in [9.17, 15) is 28.1 Å². The van der Waals surface area contributed by atoms with E-state index in [4.69, 9.17) is 154 Å². The molecule has 0 bridgehead atoms. The second-order valence-corrected chi connectivity index (χ2v) is 26.7. The molecule has 10 aliphatic rings. The number of hydrogen-bond acceptors (Lipinski definition) is 20. The molecular formula is C98H141N5O15. The minimum Gasteiger partial charge on any atom is -0.493 e. The standard InChI is InChI=1S/3C20H29NO3.2C19H27NO3/c3*1-5-13(2)8-15-12-21-7-6-14-9-19(23-3)20(24-4)10-16(14)17(21)11-18(15)22;2*1-12(2)7-14-11-20-6-5-13-8-18(22-3)19(23-4)9-15(13)16(20)10-17(14)21/h3*9-10,13,15,17H,5-8,11-12H2,1-4H3;2*8-9,12,14,16H,5-7,10-11H2,1-4H3/i2D3,3D3,5D2,6D2,7D2,8D2,11D2,12D2,13D,15D,17D;2D3,3D3,5D2,6D2,7D2,8D2,11D2,13D,15D,17D;2D3,3D3,5D2,6D2,7D2,8D2,12D2,13D,17D;3D3,5D2,6D2,10D2,11D2,14D,16D;3D3,5D2,6D2,11D2,16D. The van der Waals surface area contributed by atoms with Crippen molar-refractivity contribution in [3.8, 4) is 57.5 Å². The van der Waals surface area contributed by atoms with Crippen LogP contribution in [-0.4, -0.2) is 189 Å². The average Bonchev–Trinajstić information content (AvgIpc) is 0.630. The van der Waals surface area contributed by atoms with Crippen LogP contribution >= 0.6 is 0 Å². The fourth-order valence-corrected chi connectivity index (χ4v) is 12.5. The van der Waals surface area contributed by atoms with Gasteiger partial charge in [0.05, 0.1) is 98.2 Å². The number of ketones is 5. The Morgan fingerprint density at radius 2 is 0.653 bits per heavy atom. The number of carbonyl (C=O) groups is 5. The summed E-state index contributed by atoms with van der Waals surface area (Å²) in [7, 11) is -9.97. The van der Waals surface area contributed by atoms with Gasteiger partial charge in [-0.05, 0) is 210 Å². The van der Waals surface area contributed by atoms with Gasteiger partial charge in [0, 0.05) is 240 Å². The third-order valence-electron chi connectivity index (χ3n) is 18.3. The Morgan fingerprint density at radius 3 is 1.00 bits per heavy atom. The molecule has 20 nitrogen and oxygen atoms in total. The highest BCUT2D eigenvalue weighted by Gasteiger charge is 2.45. The maximum atomic E-state index is 14.1. The zero-order chi connectivity index (χ0) is 156. The number of hydrogen-bond donors (Lipinski definition) is 0. The molecule has 0 saturated carbocycles. The van der Waals surface area contributed by atoms with Crippen molar-refractivity contribution < 1.29 is 182 Å². The number of ether oxygens (including phenoxy) is 10. The van der Waals surface area contributed by atoms with Crippen molar-refractivity contribution in [1.29, 1.82) is 0 Å². The van der Waals surface area contributed by atoms with E-state index in [1.54, 1.807) is 27.7 Å². The number of fused-ring (bicyclic) bond motifs is 15. The van der Waals surface area contributed by atoms with Crippen molar-refractivity contribution in [1.82, 2.24) is 24.5 Å². The number of benzene rings is 5. The Hall–Kier alpha value is -7.75. The Bertz CT molecular complexity index is 8130. The van der Waals surface area contributed by atoms with Gasteiger partial charge in [0.1, 0.15) is 28.9 Å². The Labute approximate surface area is 819 Å². The summed E-state index contributed by atoms with van der Waals surface area (Å²) in [6.45, 7) is -37.2. The molecule has 5 saturated heterocycles. The van der Waals surface area contributed by atoms with Gasteiger partial charge in [0.25, 0.3) is 0 Å². The average molecular weight is 1710 g/mol. The SMILES string of the molecule is [2H]C([2H])([2H])Oc1cc2c(cc1OC)C1([2H])CC(=O)C(C([2H])([2H])C([2H])(C([2H])([2H])[2H])C([2H])([2H])C)C([2H])([2H])N1C([2H])([2H])C2([2H])[2H].[2H]C([2H])([2H])Oc1cc2c(cc1OC)C1([2H])CC(=O)C(CC(C)C)C([2H])([2H])N1C([2H])([2H])C2([2H])[2H].[2H]C([2H])([2H])Oc1cc2c(cc1OC)C1([2H])N(C([2H])([2H])C([2H])(CC(C)C)C(=O)C1([2H])[2H])C([2H])([2H])C2([2H])[2H].[2H]C([2H])([2H])Oc1cc2c(cc1OC)C1([2H])N(C([2H])([2H])C2([2H])[2H])C([2H])([2H])C([2H])(C([2H])([2H])C([2H])(C([2H])([2H])[2H])C([2H])([2H])C)C(=O)C1([2H])[2H].[2H]C([2H])([2H])Oc1cc2c(cc1OC)C1([2H])N(CC([2H])(C([2H])([2H])C([2H])(C([2H])([2H])[2H])C([2H])([2H])C)C(=O)C1([2H])[2H])C([2H])([2H])C2([2H])[2H]. The molecule has 0 spiro atoms. The highest BCUT2D eigenvalue weighted by atomic mass is 16.5. The molecule has 13 unspecified atom stereocenters. The van der Waals surface area contributed by atoms with Crippen molar-refractivity contribution in [3.63, 3.8) is 0 Å². The van der Waals surface area contributed by atoms with Crippen molar-refractivity contribution in [2.75, 3.05) is 136 Å². The minimum atomic E-state index is -4.57. The predicted molar refractivity (Wildman–Crippen MR) is 465 cm³/mol. The van der Waals surface area contributed by atoms with Crippen molar-refractivity contribution in [2.24, 2.45) is 59.0 Å². The molecule has 20 heteroatoms. The molecule has 0 N–H and O–H groups in total. The van der Waals surface area contributed by atoms with Crippen LogP contribution in [-0.2, 0) is 55.8 Å². The second kappa shape index (κ2) is 41.7. The van der Waals surface area contributed by atoms with E-state index in [0.717, 1.165) is 70.9 Å². The Balaban J connectivity index is 0.000000230. The number of piperidine rings is 5. The van der Waals surface area contributed by atoms with Gasteiger partial charge in [-0.3, -0.25) is 48.5 Å². The third kappa shape index (κ3) is 21.0. The van der Waals surface area contributed by atoms with Gasteiger partial charge < -0.3 is 47.4 Å². The zero-order valence-electron chi connectivity index (χ0n) is 146. The molecule has 5 aromatic rings. The first-order valence-electron chi connectivity index (χ1n) is 76.2. The molecule has 5 fully saturated rings. The van der Waals surface area contributed by atoms with Gasteiger partial charge in [-0.1, -0.05) is 88.1 Å². The van der Waals surface area contributed by atoms with Gasteiger partial charge >= 0.3 is 0 Å². The zero-order valence-corrected chi connectivity index (χ0v) is 65.5. The van der Waals surface area contributed by atoms with Crippen LogP contribution in [0, 0.1) is 59.0 Å². The van der Waals surface area contributed by atoms with Gasteiger partial charge in [-0.2, -0.15) is 0 Å². The topological polar surface area (TPSA) is 194 Å². The van der Waals surface area contributed by atoms with E-state index in [-0.39, 0.29) is 49.9 Å². The normalized spacial score (nSPS) is 49.4. The van der Waals surface area contributed by atoms with Crippen LogP contribution in [0.25, 0.3) is 0 Å². The van der Waals surface area contributed by atoms with E-state index in [1.807, 2.05) is 0 Å². The second-order valence-electron chi connectivity index (χ2n) is 26.7. The van der Waals surface area contributed by atoms with E-state index >= 15 is 0 Å². The van der Waals surface area contributed by atoms with Gasteiger partial charge in [-0.15, -0.1) is 0 Å². The largest absolute Gasteiger partial charge is 0.493 e. The predicted octanol–water partition coefficient (Wildman–Crippen LogP) is 17.4. The molecule has 0 aromatic heterocycles. The van der Waals surface area contributed by atoms with Crippen molar-refractivity contribution in [3.05, 3.63) is 116 Å². The lowest BCUT2D eigenvalue weighted by Crippen LogP contribution is -2.46. The van der Waals surface area contributed by atoms with E-state index in [1.165, 1.54) is 7.11 Å². The molecule has 118 heavy (non-hydrogen) atoms. The Kier molecular flexibility index (Phi) is 11.5. The van der Waals surface area contributed by atoms with Crippen LogP contribution in [0.1, 0.15) is 349 Å². The monoisotopic (exact) mass is 1710 g/mol. The Morgan fingerprint density at radius 1 is 0.364 bits per heavy atom. The van der Waals surface area contributed by atoms with Crippen LogP contribution in [0.3, 0.4) is 0 Å². The first-order valence-corrected chi connectivity index (χ1v) is 35.7. The molecule has 13 atom stereocenters. The van der Waals surface area contributed by atoms with Crippen LogP contribution in [0.15, 0.2) is 60.7 Å². The van der Waals surface area contributed by atoms with Gasteiger partial charge in [-0.25, -0.2) is 0 Å². The lowest BCUT2D eigenvalue weighted by atomic mass is 9.79. The molecule has 648 valence electrons. The number of Topliss-reactive ketones (excluding diaryl/α,β-unsaturated/α-hetero) is 5. The fraction of sp³-hybridized carbons (Fsp3) is 0.643. The van der Waals surface area contributed by atoms with Gasteiger partial charge in [0.15, 0.2) is 57.5 Å². The molecule has 15 rings (SSSR count). The summed E-state index contributed by atoms with van der Waals surface area (Å²) in [5.41, 5.74) is -6.83. The number of aryl methyl sites for hydroxylation is 5. The molecule has 0 aliphatic carbocycles. The highest BCUT2D eigenvalue weighted by molar-refractivity contribution is 5.86. The summed E-state index contributed by atoms with van der Waals surface area (Å²) < 4.78 is 723. The molecular weight excluding hydrogens is 1490 g/mol. The summed E-state index contributed by atoms with van der Waals surface area (Å²) in [5, 5.41) is 0. The number of rotatable bonds is 23. The van der Waals surface area contributed by atoms with Gasteiger partial charge in [0.2, 0.25) is 0 Å². The highest BCUT2D eigenvalue weighted by Crippen LogP contribution is 2.49. The summed E-state index contributed by atoms with van der Waals surface area (Å²) >= 11 is 0. The third-order valence-corrected chi connectivity index (χ3v) is 18.3. The van der Waals surface area contributed by atoms with E-state index < -0.39 is 437 Å². The molecule has 10 heterocycles. The van der Waals surface area contributed by atoms with Crippen LogP contribution < -0.4 is 47.4 Å². The lowest BCUT2D eigenvalue weighted by molar-refractivity contribution is -0.130. The first-order chi connectivity index (χ1) is 87.4. The first kappa shape index (κ1) is 32.5. The minimum absolute atomic E-state index is 0.00412. The maximum Gasteiger partial charge on any atom is 0.161 e. The lowest BCUT2D eigenvalue weighted by Gasteiger charge is -2.43. The summed E-state index contributed by atoms with van der Waals surface area (Å²) in [4.78, 5) is 68.1. The van der Waals surface area contributed by atoms with E-state index in [0.29, 0.717) is 43.9 Å². The number of methoxy groups -OCH3 is 10. The smallest absolute Gasteiger partial charge is 0.161 e. The summed E-state index contributed by atoms with van der Waals surface area (Å²) in [6.07, 6.45) is -52.6. The molecule has 5 aromatic carbocycles. The van der Waals surface area contributed by atoms with Crippen LogP contribution in [0.4, 0.5) is 0 Å². The number of carbonyl (C=O) groups excluding carboxylic acids is 5. The van der Waals surface area contributed by atoms with Crippen LogP contribution in [0.5, 0.6) is 57.5 Å². The quantitative estimate of drug-likeness (QED) is 0.0598. The molecule has 0 radical (unpaired) electrons. The molecule has 10 aliphatic heterocycles.